The minimum Gasteiger partial charge on any atom is -0.338 e. The molecule has 1 aromatic heterocycles. The molecule has 68 valence electrons. The first-order chi connectivity index (χ1) is 6.03. The molecule has 0 aliphatic heterocycles. The van der Waals surface area contributed by atoms with Gasteiger partial charge < -0.3 is 5.32 Å². The van der Waals surface area contributed by atoms with E-state index in [4.69, 9.17) is 6.42 Å². The highest BCUT2D eigenvalue weighted by atomic mass is 127. The maximum absolute atomic E-state index is 5.31. The number of rotatable bonds is 2. The van der Waals surface area contributed by atoms with E-state index in [1.54, 1.807) is 12.4 Å². The second-order valence-electron chi connectivity index (χ2n) is 3.12. The summed E-state index contributed by atoms with van der Waals surface area (Å²) in [6.45, 7) is 3.79. The lowest BCUT2D eigenvalue weighted by atomic mass is 10.1. The summed E-state index contributed by atoms with van der Waals surface area (Å²) in [7, 11) is 0. The normalized spacial score (nSPS) is 10.6. The molecule has 0 atom stereocenters. The van der Waals surface area contributed by atoms with Crippen molar-refractivity contribution in [2.75, 3.05) is 5.32 Å². The zero-order valence-corrected chi connectivity index (χ0v) is 9.66. The minimum absolute atomic E-state index is 0.410. The van der Waals surface area contributed by atoms with Gasteiger partial charge in [-0.15, -0.1) is 6.42 Å². The first-order valence-electron chi connectivity index (χ1n) is 3.77. The predicted octanol–water partition coefficient (Wildman–Crippen LogP) is 1.90. The second kappa shape index (κ2) is 3.92. The SMILES string of the molecule is C#CC(C)(C)Nc1ncc(I)cn1. The number of hydrogen-bond donors (Lipinski definition) is 1. The standard InChI is InChI=1S/C9H10IN3/c1-4-9(2,3)13-8-11-5-7(10)6-12-8/h1,5-6H,2-3H3,(H,11,12,13). The molecule has 0 saturated carbocycles. The predicted molar refractivity (Wildman–Crippen MR) is 61.3 cm³/mol. The van der Waals surface area contributed by atoms with Crippen LogP contribution in [0.1, 0.15) is 13.8 Å². The molecule has 1 heterocycles. The molecule has 3 nitrogen and oxygen atoms in total. The molecule has 1 aromatic rings. The Labute approximate surface area is 91.5 Å². The molecule has 0 aromatic carbocycles. The molecule has 0 amide bonds. The van der Waals surface area contributed by atoms with Crippen molar-refractivity contribution in [1.29, 1.82) is 0 Å². The zero-order valence-electron chi connectivity index (χ0n) is 7.50. The molecule has 13 heavy (non-hydrogen) atoms. The topological polar surface area (TPSA) is 37.8 Å². The third-order valence-corrected chi connectivity index (χ3v) is 1.96. The van der Waals surface area contributed by atoms with Gasteiger partial charge in [-0.2, -0.15) is 0 Å². The van der Waals surface area contributed by atoms with E-state index in [0.717, 1.165) is 3.57 Å². The van der Waals surface area contributed by atoms with E-state index >= 15 is 0 Å². The smallest absolute Gasteiger partial charge is 0.223 e. The number of aromatic nitrogens is 2. The van der Waals surface area contributed by atoms with Gasteiger partial charge in [0.1, 0.15) is 0 Å². The van der Waals surface area contributed by atoms with Crippen molar-refractivity contribution in [3.05, 3.63) is 16.0 Å². The van der Waals surface area contributed by atoms with Crippen LogP contribution in [0.25, 0.3) is 0 Å². The van der Waals surface area contributed by atoms with E-state index in [9.17, 15) is 0 Å². The maximum Gasteiger partial charge on any atom is 0.223 e. The lowest BCUT2D eigenvalue weighted by Gasteiger charge is -2.18. The summed E-state index contributed by atoms with van der Waals surface area (Å²) in [5, 5.41) is 3.03. The van der Waals surface area contributed by atoms with Gasteiger partial charge in [0.25, 0.3) is 0 Å². The number of hydrogen-bond acceptors (Lipinski definition) is 3. The summed E-state index contributed by atoms with van der Waals surface area (Å²) < 4.78 is 1.00. The van der Waals surface area contributed by atoms with Crippen LogP contribution >= 0.6 is 22.6 Å². The molecular formula is C9H10IN3. The lowest BCUT2D eigenvalue weighted by Crippen LogP contribution is -2.29. The van der Waals surface area contributed by atoms with Crippen LogP contribution in [0.5, 0.6) is 0 Å². The van der Waals surface area contributed by atoms with E-state index in [0.29, 0.717) is 5.95 Å². The first kappa shape index (κ1) is 10.3. The third kappa shape index (κ3) is 3.19. The second-order valence-corrected chi connectivity index (χ2v) is 4.36. The highest BCUT2D eigenvalue weighted by Gasteiger charge is 2.13. The summed E-state index contributed by atoms with van der Waals surface area (Å²) >= 11 is 2.15. The van der Waals surface area contributed by atoms with Gasteiger partial charge in [0.15, 0.2) is 0 Å². The Bertz CT molecular complexity index is 324. The van der Waals surface area contributed by atoms with Crippen molar-refractivity contribution >= 4 is 28.5 Å². The molecule has 1 rings (SSSR count). The van der Waals surface area contributed by atoms with Crippen LogP contribution in [0.15, 0.2) is 12.4 Å². The number of halogens is 1. The van der Waals surface area contributed by atoms with Crippen molar-refractivity contribution in [3.63, 3.8) is 0 Å². The fourth-order valence-electron chi connectivity index (χ4n) is 0.692. The van der Waals surface area contributed by atoms with Crippen LogP contribution in [-0.2, 0) is 0 Å². The molecule has 0 fully saturated rings. The number of terminal acetylenes is 1. The Morgan fingerprint density at radius 1 is 1.46 bits per heavy atom. The van der Waals surface area contributed by atoms with Gasteiger partial charge in [0.05, 0.1) is 5.54 Å². The fraction of sp³-hybridized carbons (Fsp3) is 0.333. The highest BCUT2D eigenvalue weighted by Crippen LogP contribution is 2.09. The van der Waals surface area contributed by atoms with Gasteiger partial charge in [0, 0.05) is 16.0 Å². The van der Waals surface area contributed by atoms with E-state index < -0.39 is 5.54 Å². The Kier molecular flexibility index (Phi) is 3.09. The Morgan fingerprint density at radius 2 is 2.00 bits per heavy atom. The summed E-state index contributed by atoms with van der Waals surface area (Å²) in [6.07, 6.45) is 8.79. The quantitative estimate of drug-likeness (QED) is 0.667. The number of nitrogens with one attached hydrogen (secondary N) is 1. The number of anilines is 1. The molecule has 0 spiro atoms. The van der Waals surface area contributed by atoms with E-state index in [-0.39, 0.29) is 0 Å². The molecule has 0 saturated heterocycles. The van der Waals surface area contributed by atoms with Crippen molar-refractivity contribution < 1.29 is 0 Å². The fourth-order valence-corrected chi connectivity index (χ4v) is 0.971. The monoisotopic (exact) mass is 287 g/mol. The van der Waals surface area contributed by atoms with Crippen LogP contribution in [0.3, 0.4) is 0 Å². The third-order valence-electron chi connectivity index (χ3n) is 1.41. The summed E-state index contributed by atoms with van der Waals surface area (Å²) in [5.41, 5.74) is -0.410. The van der Waals surface area contributed by atoms with Crippen LogP contribution < -0.4 is 5.32 Å². The van der Waals surface area contributed by atoms with Crippen molar-refractivity contribution in [3.8, 4) is 12.3 Å². The Morgan fingerprint density at radius 3 is 2.46 bits per heavy atom. The molecule has 0 unspecified atom stereocenters. The Hall–Kier alpha value is -0.830. The van der Waals surface area contributed by atoms with Crippen molar-refractivity contribution in [1.82, 2.24) is 9.97 Å². The van der Waals surface area contributed by atoms with E-state index in [1.165, 1.54) is 0 Å². The van der Waals surface area contributed by atoms with Crippen molar-refractivity contribution in [2.24, 2.45) is 0 Å². The van der Waals surface area contributed by atoms with Gasteiger partial charge in [-0.1, -0.05) is 5.92 Å². The van der Waals surface area contributed by atoms with Crippen molar-refractivity contribution in [2.45, 2.75) is 19.4 Å². The summed E-state index contributed by atoms with van der Waals surface area (Å²) in [4.78, 5) is 8.17. The maximum atomic E-state index is 5.31. The summed E-state index contributed by atoms with van der Waals surface area (Å²) in [5.74, 6) is 3.17. The molecule has 1 N–H and O–H groups in total. The molecule has 0 radical (unpaired) electrons. The molecule has 0 aliphatic carbocycles. The molecule has 0 bridgehead atoms. The number of nitrogens with zero attached hydrogens (tertiary/aromatic N) is 2. The average molecular weight is 287 g/mol. The van der Waals surface area contributed by atoms with Crippen LogP contribution in [-0.4, -0.2) is 15.5 Å². The van der Waals surface area contributed by atoms with Gasteiger partial charge in [0.2, 0.25) is 5.95 Å². The highest BCUT2D eigenvalue weighted by molar-refractivity contribution is 14.1. The van der Waals surface area contributed by atoms with Gasteiger partial charge in [-0.3, -0.25) is 0 Å². The van der Waals surface area contributed by atoms with Gasteiger partial charge in [-0.05, 0) is 36.4 Å². The van der Waals surface area contributed by atoms with Gasteiger partial charge >= 0.3 is 0 Å². The van der Waals surface area contributed by atoms with Crippen LogP contribution in [0, 0.1) is 15.9 Å². The molecular weight excluding hydrogens is 277 g/mol. The molecule has 0 aliphatic rings. The van der Waals surface area contributed by atoms with E-state index in [2.05, 4.69) is 43.8 Å². The minimum atomic E-state index is -0.410. The van der Waals surface area contributed by atoms with E-state index in [1.807, 2.05) is 13.8 Å². The first-order valence-corrected chi connectivity index (χ1v) is 4.85. The largest absolute Gasteiger partial charge is 0.338 e. The summed E-state index contributed by atoms with van der Waals surface area (Å²) in [6, 6.07) is 0. The van der Waals surface area contributed by atoms with Crippen LogP contribution in [0.2, 0.25) is 0 Å². The van der Waals surface area contributed by atoms with Crippen LogP contribution in [0.4, 0.5) is 5.95 Å². The molecule has 4 heteroatoms. The Balaban J connectivity index is 2.77. The van der Waals surface area contributed by atoms with Gasteiger partial charge in [-0.25, -0.2) is 9.97 Å². The zero-order chi connectivity index (χ0) is 9.90. The lowest BCUT2D eigenvalue weighted by molar-refractivity contribution is 0.728. The average Bonchev–Trinajstić information content (AvgIpc) is 2.09.